The van der Waals surface area contributed by atoms with Crippen LogP contribution in [-0.2, 0) is 6.42 Å². The van der Waals surface area contributed by atoms with Gasteiger partial charge in [-0.2, -0.15) is 0 Å². The van der Waals surface area contributed by atoms with Gasteiger partial charge in [-0.15, -0.1) is 10.2 Å². The predicted octanol–water partition coefficient (Wildman–Crippen LogP) is 3.37. The molecule has 4 rings (SSSR count). The molecule has 0 aliphatic rings. The number of nitrogens with one attached hydrogen (secondary N) is 1. The van der Waals surface area contributed by atoms with Crippen molar-refractivity contribution in [2.24, 2.45) is 0 Å². The minimum atomic E-state index is 0.464. The van der Waals surface area contributed by atoms with Crippen LogP contribution in [0.2, 0.25) is 0 Å². The SMILES string of the molecule is CO.COc1cccc(-c2nnc(NSCCc3ncc(C)nc3OC)n2-c2c(OC)cccc2OC)n1. The molecular formula is C25H31N7O5S. The van der Waals surface area contributed by atoms with Crippen molar-refractivity contribution in [2.45, 2.75) is 13.3 Å². The smallest absolute Gasteiger partial charge is 0.239 e. The summed E-state index contributed by atoms with van der Waals surface area (Å²) in [5.41, 5.74) is 2.80. The summed E-state index contributed by atoms with van der Waals surface area (Å²) < 4.78 is 27.1. The molecule has 0 atom stereocenters. The van der Waals surface area contributed by atoms with Gasteiger partial charge in [0, 0.05) is 31.5 Å². The summed E-state index contributed by atoms with van der Waals surface area (Å²) in [4.78, 5) is 13.4. The Morgan fingerprint density at radius 2 is 1.61 bits per heavy atom. The highest BCUT2D eigenvalue weighted by Crippen LogP contribution is 2.37. The average Bonchev–Trinajstić information content (AvgIpc) is 3.39. The number of benzene rings is 1. The monoisotopic (exact) mass is 541 g/mol. The number of aromatic nitrogens is 6. The second kappa shape index (κ2) is 14.0. The van der Waals surface area contributed by atoms with E-state index in [1.807, 2.05) is 41.8 Å². The number of anilines is 1. The molecule has 0 unspecified atom stereocenters. The summed E-state index contributed by atoms with van der Waals surface area (Å²) in [5.74, 6) is 3.82. The lowest BCUT2D eigenvalue weighted by Crippen LogP contribution is -2.08. The second-order valence-corrected chi connectivity index (χ2v) is 8.33. The molecule has 202 valence electrons. The largest absolute Gasteiger partial charge is 0.494 e. The van der Waals surface area contributed by atoms with Crippen LogP contribution in [-0.4, -0.2) is 76.1 Å². The topological polar surface area (TPSA) is 139 Å². The van der Waals surface area contributed by atoms with Gasteiger partial charge < -0.3 is 24.1 Å². The first kappa shape index (κ1) is 28.5. The van der Waals surface area contributed by atoms with Crippen molar-refractivity contribution in [1.82, 2.24) is 29.7 Å². The zero-order valence-corrected chi connectivity index (χ0v) is 22.9. The van der Waals surface area contributed by atoms with Crippen molar-refractivity contribution >= 4 is 17.9 Å². The van der Waals surface area contributed by atoms with Crippen LogP contribution in [0.3, 0.4) is 0 Å². The maximum atomic E-state index is 7.00. The summed E-state index contributed by atoms with van der Waals surface area (Å²) in [6.45, 7) is 1.88. The van der Waals surface area contributed by atoms with Crippen LogP contribution in [0, 0.1) is 6.92 Å². The fourth-order valence-electron chi connectivity index (χ4n) is 3.51. The number of aliphatic hydroxyl groups is 1. The highest BCUT2D eigenvalue weighted by atomic mass is 32.2. The Kier molecular flexibility index (Phi) is 10.5. The van der Waals surface area contributed by atoms with Crippen LogP contribution in [0.15, 0.2) is 42.6 Å². The fourth-order valence-corrected chi connectivity index (χ4v) is 4.17. The highest BCUT2D eigenvalue weighted by molar-refractivity contribution is 8.00. The van der Waals surface area contributed by atoms with Crippen LogP contribution in [0.1, 0.15) is 11.4 Å². The Hall–Kier alpha value is -4.10. The van der Waals surface area contributed by atoms with Crippen molar-refractivity contribution in [1.29, 1.82) is 0 Å². The molecule has 1 aromatic carbocycles. The number of pyridine rings is 1. The number of hydrogen-bond acceptors (Lipinski definition) is 12. The van der Waals surface area contributed by atoms with Gasteiger partial charge in [-0.05, 0) is 37.1 Å². The molecular weight excluding hydrogens is 510 g/mol. The molecule has 0 amide bonds. The number of ether oxygens (including phenoxy) is 4. The second-order valence-electron chi connectivity index (χ2n) is 7.43. The van der Waals surface area contributed by atoms with Gasteiger partial charge in [0.2, 0.25) is 17.7 Å². The third-order valence-corrected chi connectivity index (χ3v) is 5.92. The van der Waals surface area contributed by atoms with E-state index in [-0.39, 0.29) is 0 Å². The van der Waals surface area contributed by atoms with Gasteiger partial charge in [0.25, 0.3) is 0 Å². The number of methoxy groups -OCH3 is 4. The average molecular weight is 542 g/mol. The van der Waals surface area contributed by atoms with Gasteiger partial charge in [0.1, 0.15) is 28.6 Å². The first-order valence-electron chi connectivity index (χ1n) is 11.5. The maximum absolute atomic E-state index is 7.00. The van der Waals surface area contributed by atoms with E-state index in [9.17, 15) is 0 Å². The van der Waals surface area contributed by atoms with Crippen molar-refractivity contribution in [2.75, 3.05) is 46.0 Å². The lowest BCUT2D eigenvalue weighted by Gasteiger charge is -2.17. The first-order valence-corrected chi connectivity index (χ1v) is 12.4. The summed E-state index contributed by atoms with van der Waals surface area (Å²) in [7, 11) is 7.36. The van der Waals surface area contributed by atoms with E-state index in [4.69, 9.17) is 24.1 Å². The molecule has 0 radical (unpaired) electrons. The molecule has 0 fully saturated rings. The molecule has 4 aromatic rings. The summed E-state index contributed by atoms with van der Waals surface area (Å²) in [6.07, 6.45) is 2.37. The summed E-state index contributed by atoms with van der Waals surface area (Å²) >= 11 is 1.45. The summed E-state index contributed by atoms with van der Waals surface area (Å²) in [5, 5.41) is 15.8. The lowest BCUT2D eigenvalue weighted by atomic mass is 10.2. The lowest BCUT2D eigenvalue weighted by molar-refractivity contribution is 0.389. The van der Waals surface area contributed by atoms with E-state index in [2.05, 4.69) is 29.9 Å². The van der Waals surface area contributed by atoms with Crippen molar-refractivity contribution in [3.63, 3.8) is 0 Å². The van der Waals surface area contributed by atoms with Crippen molar-refractivity contribution < 1.29 is 24.1 Å². The molecule has 13 heteroatoms. The van der Waals surface area contributed by atoms with Crippen molar-refractivity contribution in [3.05, 3.63) is 54.0 Å². The Morgan fingerprint density at radius 3 is 2.26 bits per heavy atom. The number of hydrogen-bond donors (Lipinski definition) is 2. The molecule has 3 heterocycles. The zero-order valence-electron chi connectivity index (χ0n) is 22.1. The van der Waals surface area contributed by atoms with E-state index in [1.54, 1.807) is 40.7 Å². The van der Waals surface area contributed by atoms with Gasteiger partial charge in [-0.25, -0.2) is 9.97 Å². The van der Waals surface area contributed by atoms with Gasteiger partial charge >= 0.3 is 0 Å². The molecule has 0 spiro atoms. The fraction of sp³-hybridized carbons (Fsp3) is 0.320. The van der Waals surface area contributed by atoms with Gasteiger partial charge in [-0.1, -0.05) is 12.1 Å². The number of para-hydroxylation sites is 1. The molecule has 38 heavy (non-hydrogen) atoms. The molecule has 12 nitrogen and oxygen atoms in total. The van der Waals surface area contributed by atoms with Gasteiger partial charge in [0.05, 0.1) is 34.1 Å². The molecule has 3 aromatic heterocycles. The van der Waals surface area contributed by atoms with Crippen LogP contribution < -0.4 is 23.7 Å². The van der Waals surface area contributed by atoms with E-state index in [0.29, 0.717) is 58.6 Å². The number of aryl methyl sites for hydroxylation is 2. The zero-order chi connectivity index (χ0) is 27.5. The summed E-state index contributed by atoms with van der Waals surface area (Å²) in [6, 6.07) is 11.0. The minimum Gasteiger partial charge on any atom is -0.494 e. The Balaban J connectivity index is 0.00000195. The Bertz CT molecular complexity index is 1310. The molecule has 0 aliphatic heterocycles. The third-order valence-electron chi connectivity index (χ3n) is 5.18. The van der Waals surface area contributed by atoms with Crippen LogP contribution in [0.25, 0.3) is 17.2 Å². The molecule has 2 N–H and O–H groups in total. The molecule has 0 aliphatic carbocycles. The van der Waals surface area contributed by atoms with Crippen LogP contribution in [0.5, 0.6) is 23.3 Å². The van der Waals surface area contributed by atoms with Gasteiger partial charge in [0.15, 0.2) is 5.82 Å². The quantitative estimate of drug-likeness (QED) is 0.213. The van der Waals surface area contributed by atoms with E-state index >= 15 is 0 Å². The Morgan fingerprint density at radius 1 is 0.895 bits per heavy atom. The van der Waals surface area contributed by atoms with E-state index < -0.39 is 0 Å². The molecule has 0 bridgehead atoms. The first-order chi connectivity index (χ1) is 18.6. The van der Waals surface area contributed by atoms with Crippen molar-refractivity contribution in [3.8, 4) is 40.5 Å². The third kappa shape index (κ3) is 6.42. The van der Waals surface area contributed by atoms with Crippen LogP contribution >= 0.6 is 11.9 Å². The van der Waals surface area contributed by atoms with E-state index in [1.165, 1.54) is 11.9 Å². The van der Waals surface area contributed by atoms with E-state index in [0.717, 1.165) is 18.5 Å². The number of aliphatic hydroxyl groups excluding tert-OH is 1. The number of nitrogens with zero attached hydrogens (tertiary/aromatic N) is 6. The minimum absolute atomic E-state index is 0.464. The molecule has 0 saturated heterocycles. The van der Waals surface area contributed by atoms with Gasteiger partial charge in [-0.3, -0.25) is 14.3 Å². The molecule has 0 saturated carbocycles. The predicted molar refractivity (Wildman–Crippen MR) is 145 cm³/mol. The van der Waals surface area contributed by atoms with Crippen LogP contribution in [0.4, 0.5) is 5.95 Å². The Labute approximate surface area is 225 Å². The standard InChI is InChI=1S/C24H27N7O4S.CH4O/c1-15-14-25-17(23(26-15)35-5)12-13-36-30-24-29-28-22(16-8-6-11-20(27-16)34-4)31(24)21-18(32-2)9-7-10-19(21)33-3;1-2/h6-11,14H,12-13H2,1-5H3,(H,29,30);2H,1H3. The highest BCUT2D eigenvalue weighted by Gasteiger charge is 2.23. The maximum Gasteiger partial charge on any atom is 0.239 e. The number of rotatable bonds is 11. The normalized spacial score (nSPS) is 10.3.